The molecule has 0 aromatic carbocycles. The minimum absolute atomic E-state index is 0.0210. The molecule has 5 nitrogen and oxygen atoms in total. The molecule has 1 aliphatic rings. The van der Waals surface area contributed by atoms with Crippen LogP contribution in [-0.4, -0.2) is 26.0 Å². The molecule has 0 aliphatic heterocycles. The summed E-state index contributed by atoms with van der Waals surface area (Å²) in [5.74, 6) is 0. The van der Waals surface area contributed by atoms with E-state index in [0.29, 0.717) is 0 Å². The van der Waals surface area contributed by atoms with Crippen LogP contribution in [0.5, 0.6) is 0 Å². The minimum atomic E-state index is -3.52. The average Bonchev–Trinajstić information content (AvgIpc) is 2.08. The molecule has 1 saturated carbocycles. The summed E-state index contributed by atoms with van der Waals surface area (Å²) in [6.07, 6.45) is 0. The van der Waals surface area contributed by atoms with Crippen LogP contribution in [0, 0.1) is 10.8 Å². The van der Waals surface area contributed by atoms with Crippen molar-refractivity contribution in [3.8, 4) is 0 Å². The van der Waals surface area contributed by atoms with Crippen molar-refractivity contribution >= 4 is 10.2 Å². The van der Waals surface area contributed by atoms with Crippen LogP contribution in [0.4, 0.5) is 0 Å². The number of hydrogen-bond acceptors (Lipinski definition) is 3. The Labute approximate surface area is 111 Å². The van der Waals surface area contributed by atoms with Crippen molar-refractivity contribution in [2.45, 2.75) is 66.1 Å². The van der Waals surface area contributed by atoms with E-state index in [4.69, 9.17) is 5.73 Å². The van der Waals surface area contributed by atoms with Crippen molar-refractivity contribution in [3.05, 3.63) is 0 Å². The predicted octanol–water partition coefficient (Wildman–Crippen LogP) is 0.971. The molecule has 0 saturated heterocycles. The Balaban J connectivity index is 2.86. The first-order chi connectivity index (χ1) is 7.70. The first kappa shape index (κ1) is 15.9. The second-order valence-corrected chi connectivity index (χ2v) is 8.97. The predicted molar refractivity (Wildman–Crippen MR) is 74.3 cm³/mol. The summed E-state index contributed by atoms with van der Waals surface area (Å²) in [5, 5.41) is 0. The molecule has 0 radical (unpaired) electrons. The molecule has 0 atom stereocenters. The zero-order valence-corrected chi connectivity index (χ0v) is 13.3. The van der Waals surface area contributed by atoms with Gasteiger partial charge in [0.15, 0.2) is 0 Å². The van der Waals surface area contributed by atoms with E-state index in [2.05, 4.69) is 9.44 Å². The largest absolute Gasteiger partial charge is 0.327 e. The Bertz CT molecular complexity index is 405. The summed E-state index contributed by atoms with van der Waals surface area (Å²) in [4.78, 5) is 0. The molecule has 6 heteroatoms. The van der Waals surface area contributed by atoms with E-state index in [1.165, 1.54) is 0 Å². The maximum atomic E-state index is 12.1. The fourth-order valence-corrected chi connectivity index (χ4v) is 4.85. The molecule has 1 rings (SSSR count). The topological polar surface area (TPSA) is 84.2 Å². The van der Waals surface area contributed by atoms with Gasteiger partial charge in [-0.2, -0.15) is 17.9 Å². The van der Waals surface area contributed by atoms with Gasteiger partial charge in [-0.15, -0.1) is 0 Å². The van der Waals surface area contributed by atoms with Crippen molar-refractivity contribution in [3.63, 3.8) is 0 Å². The number of nitrogens with two attached hydrogens (primary N) is 1. The smallest absolute Gasteiger partial charge is 0.277 e. The molecule has 0 aromatic heterocycles. The molecular formula is C12H27N3O2S. The lowest BCUT2D eigenvalue weighted by Gasteiger charge is -2.62. The Hall–Kier alpha value is -0.170. The molecular weight excluding hydrogens is 250 g/mol. The Kier molecular flexibility index (Phi) is 3.67. The van der Waals surface area contributed by atoms with Gasteiger partial charge < -0.3 is 5.73 Å². The minimum Gasteiger partial charge on any atom is -0.327 e. The van der Waals surface area contributed by atoms with Crippen LogP contribution in [0.3, 0.4) is 0 Å². The maximum Gasteiger partial charge on any atom is 0.277 e. The van der Waals surface area contributed by atoms with E-state index in [9.17, 15) is 8.42 Å². The van der Waals surface area contributed by atoms with Gasteiger partial charge in [0.2, 0.25) is 0 Å². The quantitative estimate of drug-likeness (QED) is 0.718. The summed E-state index contributed by atoms with van der Waals surface area (Å²) < 4.78 is 29.5. The Morgan fingerprint density at radius 1 is 1.06 bits per heavy atom. The molecule has 0 heterocycles. The van der Waals surface area contributed by atoms with Gasteiger partial charge in [0.1, 0.15) is 0 Å². The maximum absolute atomic E-state index is 12.1. The molecule has 0 bridgehead atoms. The van der Waals surface area contributed by atoms with Crippen LogP contribution in [0.25, 0.3) is 0 Å². The first-order valence-corrected chi connectivity index (χ1v) is 7.75. The second-order valence-electron chi connectivity index (χ2n) is 7.53. The van der Waals surface area contributed by atoms with Crippen molar-refractivity contribution in [1.29, 1.82) is 0 Å². The van der Waals surface area contributed by atoms with Gasteiger partial charge in [-0.1, -0.05) is 27.7 Å². The van der Waals surface area contributed by atoms with Crippen molar-refractivity contribution in [2.75, 3.05) is 0 Å². The first-order valence-electron chi connectivity index (χ1n) is 6.27. The second kappa shape index (κ2) is 4.16. The third-order valence-corrected chi connectivity index (χ3v) is 5.23. The zero-order valence-electron chi connectivity index (χ0n) is 12.5. The van der Waals surface area contributed by atoms with Crippen LogP contribution in [0.15, 0.2) is 0 Å². The zero-order chi connectivity index (χ0) is 14.6. The van der Waals surface area contributed by atoms with E-state index in [-0.39, 0.29) is 22.9 Å². The molecule has 18 heavy (non-hydrogen) atoms. The normalized spacial score (nSPS) is 30.9. The van der Waals surface area contributed by atoms with Gasteiger partial charge in [0.25, 0.3) is 10.2 Å². The molecule has 1 aliphatic carbocycles. The highest BCUT2D eigenvalue weighted by molar-refractivity contribution is 7.87. The summed E-state index contributed by atoms with van der Waals surface area (Å²) in [6.45, 7) is 13.4. The van der Waals surface area contributed by atoms with Crippen LogP contribution in [0.2, 0.25) is 0 Å². The molecule has 0 unspecified atom stereocenters. The highest BCUT2D eigenvalue weighted by Gasteiger charge is 2.61. The van der Waals surface area contributed by atoms with Gasteiger partial charge in [0.05, 0.1) is 0 Å². The van der Waals surface area contributed by atoms with E-state index < -0.39 is 15.7 Å². The monoisotopic (exact) mass is 277 g/mol. The SMILES string of the molecule is CC(C)(C)NS(=O)(=O)NC1C(C)(C)C(N)C1(C)C. The summed E-state index contributed by atoms with van der Waals surface area (Å²) in [5.41, 5.74) is 5.14. The standard InChI is InChI=1S/C12H27N3O2S/c1-10(2,3)15-18(16,17)14-9-11(4,5)8(13)12(9,6)7/h8-9,14-15H,13H2,1-7H3. The van der Waals surface area contributed by atoms with E-state index in [0.717, 1.165) is 0 Å². The molecule has 4 N–H and O–H groups in total. The molecule has 0 spiro atoms. The van der Waals surface area contributed by atoms with Gasteiger partial charge >= 0.3 is 0 Å². The van der Waals surface area contributed by atoms with Crippen molar-refractivity contribution in [1.82, 2.24) is 9.44 Å². The molecule has 0 amide bonds. The molecule has 1 fully saturated rings. The van der Waals surface area contributed by atoms with E-state index >= 15 is 0 Å². The van der Waals surface area contributed by atoms with Gasteiger partial charge in [-0.3, -0.25) is 0 Å². The van der Waals surface area contributed by atoms with Crippen molar-refractivity contribution in [2.24, 2.45) is 16.6 Å². The van der Waals surface area contributed by atoms with Gasteiger partial charge in [0, 0.05) is 17.6 Å². The van der Waals surface area contributed by atoms with Gasteiger partial charge in [-0.25, -0.2) is 0 Å². The Morgan fingerprint density at radius 2 is 1.44 bits per heavy atom. The third-order valence-electron chi connectivity index (χ3n) is 3.80. The highest BCUT2D eigenvalue weighted by Crippen LogP contribution is 2.52. The fourth-order valence-electron chi connectivity index (χ4n) is 3.07. The van der Waals surface area contributed by atoms with Crippen LogP contribution >= 0.6 is 0 Å². The average molecular weight is 277 g/mol. The highest BCUT2D eigenvalue weighted by atomic mass is 32.2. The van der Waals surface area contributed by atoms with E-state index in [1.54, 1.807) is 0 Å². The summed E-state index contributed by atoms with van der Waals surface area (Å²) >= 11 is 0. The molecule has 0 aromatic rings. The lowest BCUT2D eigenvalue weighted by Crippen LogP contribution is -2.76. The van der Waals surface area contributed by atoms with Crippen molar-refractivity contribution < 1.29 is 8.42 Å². The summed E-state index contributed by atoms with van der Waals surface area (Å²) in [7, 11) is -3.52. The third kappa shape index (κ3) is 2.87. The van der Waals surface area contributed by atoms with Crippen LogP contribution in [-0.2, 0) is 10.2 Å². The number of rotatable bonds is 3. The van der Waals surface area contributed by atoms with Crippen LogP contribution in [0.1, 0.15) is 48.5 Å². The van der Waals surface area contributed by atoms with Gasteiger partial charge in [-0.05, 0) is 31.6 Å². The van der Waals surface area contributed by atoms with E-state index in [1.807, 2.05) is 48.5 Å². The lowest BCUT2D eigenvalue weighted by atomic mass is 9.49. The number of nitrogens with one attached hydrogen (secondary N) is 2. The van der Waals surface area contributed by atoms with Crippen LogP contribution < -0.4 is 15.2 Å². The number of hydrogen-bond donors (Lipinski definition) is 3. The lowest BCUT2D eigenvalue weighted by molar-refractivity contribution is -0.0596. The Morgan fingerprint density at radius 3 is 1.78 bits per heavy atom. The fraction of sp³-hybridized carbons (Fsp3) is 1.00. The summed E-state index contributed by atoms with van der Waals surface area (Å²) in [6, 6.07) is -0.188. The molecule has 108 valence electrons.